The summed E-state index contributed by atoms with van der Waals surface area (Å²) in [7, 11) is -2.26. The Hall–Kier alpha value is -1.79. The molecule has 116 valence electrons. The quantitative estimate of drug-likeness (QED) is 0.356. The first kappa shape index (κ1) is 19.2. The Balaban J connectivity index is 4.63. The first-order valence-corrected chi connectivity index (χ1v) is 7.86. The highest BCUT2D eigenvalue weighted by atomic mass is 31.2. The summed E-state index contributed by atoms with van der Waals surface area (Å²) in [6.07, 6.45) is 8.38. The second kappa shape index (κ2) is 10.0. The lowest BCUT2D eigenvalue weighted by atomic mass is 10.2. The summed E-state index contributed by atoms with van der Waals surface area (Å²) in [5.74, 6) is 2.79. The Morgan fingerprint density at radius 2 is 1.76 bits per heavy atom. The second-order valence-corrected chi connectivity index (χ2v) is 5.88. The molecule has 0 aliphatic heterocycles. The average Bonchev–Trinajstić information content (AvgIpc) is 2.46. The van der Waals surface area contributed by atoms with Crippen LogP contribution >= 0.6 is 7.60 Å². The number of hydrogen-bond acceptors (Lipinski definition) is 7. The van der Waals surface area contributed by atoms with Crippen LogP contribution in [-0.4, -0.2) is 45.0 Å². The second-order valence-electron chi connectivity index (χ2n) is 3.76. The minimum atomic E-state index is -3.43. The molecule has 0 bridgehead atoms. The maximum atomic E-state index is 11.8. The fourth-order valence-corrected chi connectivity index (χ4v) is 1.88. The van der Waals surface area contributed by atoms with Crippen molar-refractivity contribution in [1.82, 2.24) is 0 Å². The molecule has 2 unspecified atom stereocenters. The lowest BCUT2D eigenvalue weighted by Crippen LogP contribution is -2.27. The number of terminal acetylenes is 2. The van der Waals surface area contributed by atoms with Crippen molar-refractivity contribution in [1.29, 1.82) is 0 Å². The third-order valence-corrected chi connectivity index (χ3v) is 3.44. The van der Waals surface area contributed by atoms with Gasteiger partial charge in [-0.05, 0) is 6.42 Å². The summed E-state index contributed by atoms with van der Waals surface area (Å²) in [4.78, 5) is 23.0. The Bertz CT molecular complexity index is 486. The zero-order valence-electron chi connectivity index (χ0n) is 11.9. The lowest BCUT2D eigenvalue weighted by Gasteiger charge is -2.19. The third kappa shape index (κ3) is 8.88. The number of esters is 2. The number of rotatable bonds is 9. The Labute approximate surface area is 123 Å². The van der Waals surface area contributed by atoms with E-state index in [1.165, 1.54) is 13.8 Å². The van der Waals surface area contributed by atoms with Crippen molar-refractivity contribution in [2.24, 2.45) is 0 Å². The molecule has 8 heteroatoms. The van der Waals surface area contributed by atoms with E-state index in [2.05, 4.69) is 21.1 Å². The van der Waals surface area contributed by atoms with Crippen LogP contribution in [0.1, 0.15) is 12.8 Å². The van der Waals surface area contributed by atoms with E-state index in [1.807, 2.05) is 0 Å². The molecule has 0 rings (SSSR count). The minimum absolute atomic E-state index is 0.103. The van der Waals surface area contributed by atoms with Crippen molar-refractivity contribution in [2.75, 3.05) is 27.0 Å². The van der Waals surface area contributed by atoms with Crippen LogP contribution in [0, 0.1) is 24.7 Å². The normalized spacial score (nSPS) is 14.1. The highest BCUT2D eigenvalue weighted by Gasteiger charge is 2.29. The fraction of sp³-hybridized carbons (Fsp3) is 0.538. The topological polar surface area (TPSA) is 88.1 Å². The van der Waals surface area contributed by atoms with Gasteiger partial charge in [-0.1, -0.05) is 11.8 Å². The molecule has 0 heterocycles. The summed E-state index contributed by atoms with van der Waals surface area (Å²) < 4.78 is 30.8. The predicted octanol–water partition coefficient (Wildman–Crippen LogP) is 0.974. The van der Waals surface area contributed by atoms with Gasteiger partial charge in [0.2, 0.25) is 0 Å². The number of carbonyl (C=O) groups excluding carboxylic acids is 2. The van der Waals surface area contributed by atoms with Crippen molar-refractivity contribution in [3.63, 3.8) is 0 Å². The van der Waals surface area contributed by atoms with Crippen molar-refractivity contribution in [3.05, 3.63) is 0 Å². The standard InChI is InChI=1S/C13H17O7P/c1-5-9-18-12(14)8-7-11(13(15)19-10-6-2)20-21(4,16)17-3/h1-2,11H,7-10H2,3-4H3. The first-order chi connectivity index (χ1) is 9.86. The van der Waals surface area contributed by atoms with E-state index in [1.54, 1.807) is 0 Å². The molecule has 0 amide bonds. The summed E-state index contributed by atoms with van der Waals surface area (Å²) in [6, 6.07) is 0. The highest BCUT2D eigenvalue weighted by molar-refractivity contribution is 7.53. The van der Waals surface area contributed by atoms with Gasteiger partial charge in [-0.25, -0.2) is 4.79 Å². The molecule has 0 saturated carbocycles. The molecule has 0 fully saturated rings. The van der Waals surface area contributed by atoms with E-state index in [-0.39, 0.29) is 26.1 Å². The molecule has 0 spiro atoms. The van der Waals surface area contributed by atoms with E-state index >= 15 is 0 Å². The van der Waals surface area contributed by atoms with E-state index in [9.17, 15) is 14.2 Å². The maximum Gasteiger partial charge on any atom is 0.336 e. The number of hydrogen-bond donors (Lipinski definition) is 0. The van der Waals surface area contributed by atoms with Crippen LogP contribution in [0.5, 0.6) is 0 Å². The Kier molecular flexibility index (Phi) is 9.16. The van der Waals surface area contributed by atoms with Gasteiger partial charge in [0.05, 0.1) is 0 Å². The molecule has 0 aromatic carbocycles. The van der Waals surface area contributed by atoms with E-state index in [0.29, 0.717) is 0 Å². The molecule has 21 heavy (non-hydrogen) atoms. The van der Waals surface area contributed by atoms with Crippen LogP contribution in [0.25, 0.3) is 0 Å². The molecule has 0 saturated heterocycles. The monoisotopic (exact) mass is 316 g/mol. The van der Waals surface area contributed by atoms with Gasteiger partial charge in [-0.15, -0.1) is 12.8 Å². The summed E-state index contributed by atoms with van der Waals surface area (Å²) in [5.41, 5.74) is 0. The van der Waals surface area contributed by atoms with E-state index in [0.717, 1.165) is 0 Å². The molecular formula is C13H17O7P. The molecule has 0 N–H and O–H groups in total. The summed E-state index contributed by atoms with van der Waals surface area (Å²) in [5, 5.41) is 0. The molecule has 2 atom stereocenters. The SMILES string of the molecule is C#CCOC(=O)CCC(OP(C)(=O)OC)C(=O)OCC#C. The minimum Gasteiger partial charge on any atom is -0.452 e. The Morgan fingerprint density at radius 3 is 2.29 bits per heavy atom. The summed E-state index contributed by atoms with van der Waals surface area (Å²) >= 11 is 0. The van der Waals surface area contributed by atoms with Crippen LogP contribution in [0.3, 0.4) is 0 Å². The van der Waals surface area contributed by atoms with Gasteiger partial charge in [-0.2, -0.15) is 0 Å². The molecule has 0 aliphatic rings. The van der Waals surface area contributed by atoms with Crippen molar-refractivity contribution in [2.45, 2.75) is 18.9 Å². The zero-order chi connectivity index (χ0) is 16.3. The van der Waals surface area contributed by atoms with E-state index < -0.39 is 25.6 Å². The average molecular weight is 316 g/mol. The van der Waals surface area contributed by atoms with Crippen molar-refractivity contribution < 1.29 is 32.7 Å². The maximum absolute atomic E-state index is 11.8. The first-order valence-electron chi connectivity index (χ1n) is 5.87. The molecule has 0 aromatic rings. The van der Waals surface area contributed by atoms with Gasteiger partial charge < -0.3 is 14.0 Å². The van der Waals surface area contributed by atoms with Crippen LogP contribution in [-0.2, 0) is 32.7 Å². The largest absolute Gasteiger partial charge is 0.452 e. The van der Waals surface area contributed by atoms with Gasteiger partial charge in [-0.3, -0.25) is 13.9 Å². The van der Waals surface area contributed by atoms with Crippen LogP contribution < -0.4 is 0 Å². The van der Waals surface area contributed by atoms with Gasteiger partial charge in [0.25, 0.3) is 0 Å². The van der Waals surface area contributed by atoms with Gasteiger partial charge in [0.1, 0.15) is 0 Å². The van der Waals surface area contributed by atoms with Gasteiger partial charge in [0, 0.05) is 20.2 Å². The van der Waals surface area contributed by atoms with Crippen LogP contribution in [0.15, 0.2) is 0 Å². The molecule has 7 nitrogen and oxygen atoms in total. The molecule has 0 aromatic heterocycles. The van der Waals surface area contributed by atoms with E-state index in [4.69, 9.17) is 22.1 Å². The summed E-state index contributed by atoms with van der Waals surface area (Å²) in [6.45, 7) is 0.753. The number of ether oxygens (including phenoxy) is 2. The lowest BCUT2D eigenvalue weighted by molar-refractivity contribution is -0.152. The highest BCUT2D eigenvalue weighted by Crippen LogP contribution is 2.44. The Morgan fingerprint density at radius 1 is 1.19 bits per heavy atom. The smallest absolute Gasteiger partial charge is 0.336 e. The zero-order valence-corrected chi connectivity index (χ0v) is 12.8. The molecule has 0 radical (unpaired) electrons. The fourth-order valence-electron chi connectivity index (χ4n) is 1.14. The van der Waals surface area contributed by atoms with Crippen LogP contribution in [0.4, 0.5) is 0 Å². The third-order valence-electron chi connectivity index (χ3n) is 2.14. The van der Waals surface area contributed by atoms with Gasteiger partial charge in [0.15, 0.2) is 19.3 Å². The molecule has 0 aliphatic carbocycles. The number of carbonyl (C=O) groups is 2. The molecular weight excluding hydrogens is 299 g/mol. The van der Waals surface area contributed by atoms with Gasteiger partial charge >= 0.3 is 19.5 Å². The van der Waals surface area contributed by atoms with Crippen LogP contribution in [0.2, 0.25) is 0 Å². The van der Waals surface area contributed by atoms with Crippen molar-refractivity contribution >= 4 is 19.5 Å². The predicted molar refractivity (Wildman–Crippen MR) is 74.2 cm³/mol. The van der Waals surface area contributed by atoms with Crippen molar-refractivity contribution in [3.8, 4) is 24.7 Å².